The van der Waals surface area contributed by atoms with Gasteiger partial charge < -0.3 is 15.2 Å². The molecule has 36 heavy (non-hydrogen) atoms. The van der Waals surface area contributed by atoms with Crippen LogP contribution in [-0.2, 0) is 11.2 Å². The van der Waals surface area contributed by atoms with Gasteiger partial charge in [0.1, 0.15) is 6.61 Å². The van der Waals surface area contributed by atoms with Crippen molar-refractivity contribution in [3.05, 3.63) is 77.1 Å². The zero-order valence-electron chi connectivity index (χ0n) is 21.1. The maximum atomic E-state index is 11.4. The number of benzene rings is 2. The van der Waals surface area contributed by atoms with Crippen molar-refractivity contribution in [3.8, 4) is 11.9 Å². The Labute approximate surface area is 211 Å². The highest BCUT2D eigenvalue weighted by molar-refractivity contribution is 6.09. The fraction of sp³-hybridized carbons (Fsp3) is 0.310. The van der Waals surface area contributed by atoms with Gasteiger partial charge in [-0.05, 0) is 44.0 Å². The number of rotatable bonds is 9. The summed E-state index contributed by atoms with van der Waals surface area (Å²) in [5, 5.41) is 11.2. The predicted octanol–water partition coefficient (Wildman–Crippen LogP) is 5.45. The van der Waals surface area contributed by atoms with Crippen LogP contribution in [0.4, 0.5) is 0 Å². The van der Waals surface area contributed by atoms with Crippen molar-refractivity contribution in [2.75, 3.05) is 19.8 Å². The molecule has 0 aliphatic rings. The summed E-state index contributed by atoms with van der Waals surface area (Å²) >= 11 is 0. The van der Waals surface area contributed by atoms with Gasteiger partial charge in [0.25, 0.3) is 0 Å². The smallest absolute Gasteiger partial charge is 0.248 e. The zero-order chi connectivity index (χ0) is 25.9. The molecule has 186 valence electrons. The number of carbonyl (C=O) groups excluding carboxylic acids is 1. The van der Waals surface area contributed by atoms with Crippen LogP contribution in [0.2, 0.25) is 0 Å². The SMILES string of the molecule is CCCCOCCOc1nc2cc(C(N)=O)ccc2c2cnccc12.Cc1cc(C)cc(CC#N)c1. The van der Waals surface area contributed by atoms with Gasteiger partial charge in [-0.15, -0.1) is 0 Å². The third-order valence-corrected chi connectivity index (χ3v) is 5.52. The zero-order valence-corrected chi connectivity index (χ0v) is 21.1. The lowest BCUT2D eigenvalue weighted by Crippen LogP contribution is -2.11. The van der Waals surface area contributed by atoms with Crippen LogP contribution in [0, 0.1) is 25.2 Å². The Morgan fingerprint density at radius 2 is 1.78 bits per heavy atom. The first-order valence-corrected chi connectivity index (χ1v) is 12.0. The summed E-state index contributed by atoms with van der Waals surface area (Å²) in [4.78, 5) is 20.2. The summed E-state index contributed by atoms with van der Waals surface area (Å²) < 4.78 is 11.3. The second kappa shape index (κ2) is 13.2. The number of carbonyl (C=O) groups is 1. The van der Waals surface area contributed by atoms with E-state index >= 15 is 0 Å². The molecule has 4 rings (SSSR count). The molecule has 0 atom stereocenters. The van der Waals surface area contributed by atoms with Crippen molar-refractivity contribution < 1.29 is 14.3 Å². The van der Waals surface area contributed by atoms with Crippen molar-refractivity contribution in [3.63, 3.8) is 0 Å². The molecule has 0 unspecified atom stereocenters. The molecule has 0 aliphatic carbocycles. The summed E-state index contributed by atoms with van der Waals surface area (Å²) in [6.45, 7) is 7.88. The van der Waals surface area contributed by atoms with Gasteiger partial charge in [0.05, 0.1) is 24.6 Å². The monoisotopic (exact) mass is 484 g/mol. The average Bonchev–Trinajstić information content (AvgIpc) is 2.85. The van der Waals surface area contributed by atoms with Crippen molar-refractivity contribution in [2.24, 2.45) is 5.73 Å². The van der Waals surface area contributed by atoms with Crippen molar-refractivity contribution in [1.29, 1.82) is 5.26 Å². The third kappa shape index (κ3) is 7.24. The van der Waals surface area contributed by atoms with Crippen LogP contribution < -0.4 is 10.5 Å². The van der Waals surface area contributed by atoms with Crippen LogP contribution in [-0.4, -0.2) is 35.7 Å². The van der Waals surface area contributed by atoms with E-state index in [1.807, 2.05) is 26.0 Å². The minimum atomic E-state index is -0.484. The Balaban J connectivity index is 0.000000275. The van der Waals surface area contributed by atoms with Crippen LogP contribution >= 0.6 is 0 Å². The lowest BCUT2D eigenvalue weighted by Gasteiger charge is -2.11. The first kappa shape index (κ1) is 26.6. The number of unbranched alkanes of at least 4 members (excludes halogenated alkanes) is 1. The van der Waals surface area contributed by atoms with Gasteiger partial charge in [-0.1, -0.05) is 48.7 Å². The molecule has 0 bridgehead atoms. The molecule has 2 aromatic carbocycles. The molecule has 1 amide bonds. The largest absolute Gasteiger partial charge is 0.475 e. The number of nitrogens with two attached hydrogens (primary N) is 1. The van der Waals surface area contributed by atoms with Crippen LogP contribution in [0.15, 0.2) is 54.9 Å². The van der Waals surface area contributed by atoms with Gasteiger partial charge in [-0.3, -0.25) is 9.78 Å². The maximum Gasteiger partial charge on any atom is 0.248 e. The van der Waals surface area contributed by atoms with E-state index in [2.05, 4.69) is 41.2 Å². The number of amides is 1. The van der Waals surface area contributed by atoms with Crippen LogP contribution in [0.3, 0.4) is 0 Å². The summed E-state index contributed by atoms with van der Waals surface area (Å²) in [6.07, 6.45) is 6.14. The lowest BCUT2D eigenvalue weighted by molar-refractivity contribution is 0.0972. The normalized spacial score (nSPS) is 10.5. The first-order valence-electron chi connectivity index (χ1n) is 12.0. The standard InChI is InChI=1S/C19H21N3O3.C10H11N/c1-2-3-8-24-9-10-25-19-15-6-7-21-12-16(15)14-5-4-13(18(20)23)11-17(14)22-19;1-8-5-9(2)7-10(6-8)3-4-11/h4-7,11-12H,2-3,8-10H2,1H3,(H2,20,23);5-7H,3H2,1-2H3. The predicted molar refractivity (Wildman–Crippen MR) is 142 cm³/mol. The number of fused-ring (bicyclic) bond motifs is 3. The van der Waals surface area contributed by atoms with Gasteiger partial charge in [-0.25, -0.2) is 4.98 Å². The van der Waals surface area contributed by atoms with Crippen molar-refractivity contribution in [2.45, 2.75) is 40.0 Å². The average molecular weight is 485 g/mol. The molecule has 0 radical (unpaired) electrons. The van der Waals surface area contributed by atoms with E-state index in [-0.39, 0.29) is 0 Å². The molecule has 0 saturated carbocycles. The Hall–Kier alpha value is -4.02. The van der Waals surface area contributed by atoms with E-state index in [4.69, 9.17) is 20.5 Å². The Kier molecular flexibility index (Phi) is 9.73. The van der Waals surface area contributed by atoms with Gasteiger partial charge in [0.15, 0.2) is 0 Å². The number of ether oxygens (including phenoxy) is 2. The maximum absolute atomic E-state index is 11.4. The molecule has 0 fully saturated rings. The number of hydrogen-bond acceptors (Lipinski definition) is 6. The van der Waals surface area contributed by atoms with Gasteiger partial charge in [0, 0.05) is 40.7 Å². The van der Waals surface area contributed by atoms with E-state index in [1.54, 1.807) is 24.5 Å². The second-order valence-electron chi connectivity index (χ2n) is 8.58. The Bertz CT molecular complexity index is 1360. The lowest BCUT2D eigenvalue weighted by atomic mass is 10.1. The fourth-order valence-corrected chi connectivity index (χ4v) is 3.89. The van der Waals surface area contributed by atoms with E-state index in [0.29, 0.717) is 36.6 Å². The third-order valence-electron chi connectivity index (χ3n) is 5.52. The van der Waals surface area contributed by atoms with Crippen LogP contribution in [0.5, 0.6) is 5.88 Å². The van der Waals surface area contributed by atoms with E-state index in [9.17, 15) is 4.79 Å². The highest BCUT2D eigenvalue weighted by atomic mass is 16.5. The molecule has 7 heteroatoms. The molecule has 0 aliphatic heterocycles. The van der Waals surface area contributed by atoms with Gasteiger partial charge in [0.2, 0.25) is 11.8 Å². The molecule has 2 N–H and O–H groups in total. The molecule has 0 spiro atoms. The molecule has 4 aromatic rings. The van der Waals surface area contributed by atoms with Crippen LogP contribution in [0.25, 0.3) is 21.7 Å². The summed E-state index contributed by atoms with van der Waals surface area (Å²) in [7, 11) is 0. The highest BCUT2D eigenvalue weighted by Crippen LogP contribution is 2.30. The number of pyridine rings is 2. The molecule has 2 aromatic heterocycles. The summed E-state index contributed by atoms with van der Waals surface area (Å²) in [5.74, 6) is 0.0207. The van der Waals surface area contributed by atoms with E-state index in [0.717, 1.165) is 41.2 Å². The van der Waals surface area contributed by atoms with Crippen molar-refractivity contribution in [1.82, 2.24) is 9.97 Å². The minimum absolute atomic E-state index is 0.412. The Morgan fingerprint density at radius 3 is 2.47 bits per heavy atom. The molecule has 0 saturated heterocycles. The summed E-state index contributed by atoms with van der Waals surface area (Å²) in [5.41, 5.74) is 10.0. The molecular weight excluding hydrogens is 452 g/mol. The quantitative estimate of drug-likeness (QED) is 0.250. The minimum Gasteiger partial charge on any atom is -0.475 e. The number of aryl methyl sites for hydroxylation is 2. The Morgan fingerprint density at radius 1 is 1.00 bits per heavy atom. The number of primary amides is 1. The molecule has 2 heterocycles. The first-order chi connectivity index (χ1) is 17.4. The fourth-order valence-electron chi connectivity index (χ4n) is 3.89. The number of hydrogen-bond donors (Lipinski definition) is 1. The number of aromatic nitrogens is 2. The number of nitriles is 1. The van der Waals surface area contributed by atoms with Gasteiger partial charge >= 0.3 is 0 Å². The van der Waals surface area contributed by atoms with E-state index in [1.165, 1.54) is 11.1 Å². The molecule has 7 nitrogen and oxygen atoms in total. The molecular formula is C29H32N4O3. The second-order valence-corrected chi connectivity index (χ2v) is 8.58. The number of nitrogens with zero attached hydrogens (tertiary/aromatic N) is 3. The van der Waals surface area contributed by atoms with Crippen LogP contribution in [0.1, 0.15) is 46.8 Å². The topological polar surface area (TPSA) is 111 Å². The van der Waals surface area contributed by atoms with E-state index < -0.39 is 5.91 Å². The summed E-state index contributed by atoms with van der Waals surface area (Å²) in [6, 6.07) is 15.4. The highest BCUT2D eigenvalue weighted by Gasteiger charge is 2.11. The van der Waals surface area contributed by atoms with Gasteiger partial charge in [-0.2, -0.15) is 5.26 Å². The van der Waals surface area contributed by atoms with Crippen molar-refractivity contribution >= 4 is 27.6 Å².